The lowest BCUT2D eigenvalue weighted by Gasteiger charge is -2.14. The summed E-state index contributed by atoms with van der Waals surface area (Å²) in [5, 5.41) is 9.08. The first-order valence-electron chi connectivity index (χ1n) is 7.30. The Morgan fingerprint density at radius 1 is 1.08 bits per heavy atom. The zero-order valence-corrected chi connectivity index (χ0v) is 15.0. The molecule has 1 atom stereocenters. The van der Waals surface area contributed by atoms with Crippen LogP contribution in [0.2, 0.25) is 15.1 Å². The molecule has 0 amide bonds. The third-order valence-corrected chi connectivity index (χ3v) is 4.46. The summed E-state index contributed by atoms with van der Waals surface area (Å²) < 4.78 is 5.27. The van der Waals surface area contributed by atoms with Crippen molar-refractivity contribution in [1.29, 1.82) is 0 Å². The molecular formula is C17H14Cl3N3O. The summed E-state index contributed by atoms with van der Waals surface area (Å²) in [7, 11) is 0. The molecule has 0 aliphatic rings. The van der Waals surface area contributed by atoms with Crippen LogP contribution in [0.4, 0.5) is 0 Å². The van der Waals surface area contributed by atoms with Crippen LogP contribution in [-0.2, 0) is 6.54 Å². The number of halogens is 3. The largest absolute Gasteiger partial charge is 0.338 e. The Hall–Kier alpha value is -1.59. The van der Waals surface area contributed by atoms with Gasteiger partial charge in [-0.3, -0.25) is 0 Å². The second kappa shape index (κ2) is 7.53. The monoisotopic (exact) mass is 381 g/mol. The molecule has 1 heterocycles. The van der Waals surface area contributed by atoms with Crippen LogP contribution in [0.15, 0.2) is 47.0 Å². The van der Waals surface area contributed by atoms with Gasteiger partial charge in [0.1, 0.15) is 0 Å². The minimum absolute atomic E-state index is 0.00503. The van der Waals surface area contributed by atoms with E-state index in [4.69, 9.17) is 39.3 Å². The van der Waals surface area contributed by atoms with E-state index in [1.54, 1.807) is 12.1 Å². The number of rotatable bonds is 5. The van der Waals surface area contributed by atoms with Crippen LogP contribution in [0.3, 0.4) is 0 Å². The lowest BCUT2D eigenvalue weighted by molar-refractivity contribution is 0.360. The lowest BCUT2D eigenvalue weighted by Crippen LogP contribution is -2.18. The van der Waals surface area contributed by atoms with Crippen molar-refractivity contribution < 1.29 is 4.52 Å². The molecule has 0 aliphatic heterocycles. The molecule has 0 saturated heterocycles. The molecule has 4 nitrogen and oxygen atoms in total. The maximum absolute atomic E-state index is 6.22. The van der Waals surface area contributed by atoms with Crippen LogP contribution in [0.5, 0.6) is 0 Å². The first-order chi connectivity index (χ1) is 11.5. The minimum atomic E-state index is 0.00503. The number of nitrogens with zero attached hydrogens (tertiary/aromatic N) is 2. The molecule has 1 aromatic heterocycles. The molecule has 24 heavy (non-hydrogen) atoms. The highest BCUT2D eigenvalue weighted by atomic mass is 35.5. The van der Waals surface area contributed by atoms with Gasteiger partial charge in [-0.25, -0.2) is 0 Å². The van der Waals surface area contributed by atoms with Gasteiger partial charge < -0.3 is 9.84 Å². The molecule has 1 unspecified atom stereocenters. The van der Waals surface area contributed by atoms with Crippen molar-refractivity contribution in [2.75, 3.05) is 0 Å². The maximum atomic E-state index is 6.22. The van der Waals surface area contributed by atoms with Gasteiger partial charge in [-0.2, -0.15) is 4.98 Å². The minimum Gasteiger partial charge on any atom is -0.338 e. The zero-order valence-electron chi connectivity index (χ0n) is 12.8. The van der Waals surface area contributed by atoms with Gasteiger partial charge in [0, 0.05) is 21.7 Å². The average Bonchev–Trinajstić information content (AvgIpc) is 3.02. The zero-order chi connectivity index (χ0) is 17.1. The van der Waals surface area contributed by atoms with Crippen molar-refractivity contribution in [2.24, 2.45) is 0 Å². The summed E-state index contributed by atoms with van der Waals surface area (Å²) in [6, 6.07) is 12.8. The summed E-state index contributed by atoms with van der Waals surface area (Å²) in [5.41, 5.74) is 1.69. The standard InChI is InChI=1S/C17H14Cl3N3O/c1-10(12-7-6-11(18)8-15(12)20)21-9-16-22-17(23-24-16)13-4-2-3-5-14(13)19/h2-8,10,21H,9H2,1H3. The van der Waals surface area contributed by atoms with E-state index in [2.05, 4.69) is 15.5 Å². The van der Waals surface area contributed by atoms with Gasteiger partial charge in [0.05, 0.1) is 11.6 Å². The SMILES string of the molecule is CC(NCc1nc(-c2ccccc2Cl)no1)c1ccc(Cl)cc1Cl. The molecule has 0 saturated carbocycles. The third-order valence-electron chi connectivity index (χ3n) is 3.57. The predicted molar refractivity (Wildman–Crippen MR) is 96.5 cm³/mol. The van der Waals surface area contributed by atoms with E-state index >= 15 is 0 Å². The van der Waals surface area contributed by atoms with Crippen molar-refractivity contribution in [3.05, 3.63) is 69.0 Å². The highest BCUT2D eigenvalue weighted by molar-refractivity contribution is 6.35. The van der Waals surface area contributed by atoms with E-state index in [0.29, 0.717) is 33.3 Å². The average molecular weight is 383 g/mol. The quantitative estimate of drug-likeness (QED) is 0.628. The Morgan fingerprint density at radius 3 is 2.62 bits per heavy atom. The summed E-state index contributed by atoms with van der Waals surface area (Å²) in [6.45, 7) is 2.41. The Morgan fingerprint density at radius 2 is 1.88 bits per heavy atom. The second-order valence-corrected chi connectivity index (χ2v) is 6.51. The van der Waals surface area contributed by atoms with Crippen molar-refractivity contribution in [1.82, 2.24) is 15.5 Å². The van der Waals surface area contributed by atoms with Crippen molar-refractivity contribution in [3.63, 3.8) is 0 Å². The number of aromatic nitrogens is 2. The molecule has 1 N–H and O–H groups in total. The Bertz CT molecular complexity index is 851. The van der Waals surface area contributed by atoms with Crippen molar-refractivity contribution in [2.45, 2.75) is 19.5 Å². The molecule has 0 aliphatic carbocycles. The summed E-state index contributed by atoms with van der Waals surface area (Å²) >= 11 is 18.3. The van der Waals surface area contributed by atoms with E-state index in [0.717, 1.165) is 11.1 Å². The molecule has 3 aromatic rings. The molecule has 2 aromatic carbocycles. The fraction of sp³-hybridized carbons (Fsp3) is 0.176. The molecule has 7 heteroatoms. The smallest absolute Gasteiger partial charge is 0.240 e. The Balaban J connectivity index is 1.68. The van der Waals surface area contributed by atoms with Crippen LogP contribution in [-0.4, -0.2) is 10.1 Å². The molecule has 3 rings (SSSR count). The van der Waals surface area contributed by atoms with Crippen molar-refractivity contribution >= 4 is 34.8 Å². The van der Waals surface area contributed by atoms with Gasteiger partial charge >= 0.3 is 0 Å². The number of benzene rings is 2. The van der Waals surface area contributed by atoms with E-state index < -0.39 is 0 Å². The lowest BCUT2D eigenvalue weighted by atomic mass is 10.1. The third kappa shape index (κ3) is 3.90. The van der Waals surface area contributed by atoms with Crippen LogP contribution >= 0.6 is 34.8 Å². The molecular weight excluding hydrogens is 369 g/mol. The number of nitrogens with one attached hydrogen (secondary N) is 1. The van der Waals surface area contributed by atoms with Crippen LogP contribution in [0.1, 0.15) is 24.4 Å². The van der Waals surface area contributed by atoms with E-state index in [9.17, 15) is 0 Å². The fourth-order valence-electron chi connectivity index (χ4n) is 2.28. The molecule has 0 spiro atoms. The maximum Gasteiger partial charge on any atom is 0.240 e. The summed E-state index contributed by atoms with van der Waals surface area (Å²) in [5.74, 6) is 0.941. The van der Waals surface area contributed by atoms with Crippen LogP contribution in [0, 0.1) is 0 Å². The van der Waals surface area contributed by atoms with Gasteiger partial charge in [-0.05, 0) is 36.8 Å². The molecule has 0 fully saturated rings. The van der Waals surface area contributed by atoms with Gasteiger partial charge in [0.15, 0.2) is 0 Å². The number of hydrogen-bond acceptors (Lipinski definition) is 4. The predicted octanol–water partition coefficient (Wildman–Crippen LogP) is 5.55. The summed E-state index contributed by atoms with van der Waals surface area (Å²) in [4.78, 5) is 4.36. The van der Waals surface area contributed by atoms with Crippen molar-refractivity contribution in [3.8, 4) is 11.4 Å². The molecule has 0 radical (unpaired) electrons. The molecule has 124 valence electrons. The van der Waals surface area contributed by atoms with E-state index in [1.807, 2.05) is 37.3 Å². The van der Waals surface area contributed by atoms with E-state index in [-0.39, 0.29) is 6.04 Å². The van der Waals surface area contributed by atoms with Gasteiger partial charge in [0.2, 0.25) is 11.7 Å². The van der Waals surface area contributed by atoms with E-state index in [1.165, 1.54) is 0 Å². The highest BCUT2D eigenvalue weighted by Gasteiger charge is 2.14. The fourth-order valence-corrected chi connectivity index (χ4v) is 3.07. The topological polar surface area (TPSA) is 51.0 Å². The van der Waals surface area contributed by atoms with Gasteiger partial charge in [-0.15, -0.1) is 0 Å². The Kier molecular flexibility index (Phi) is 5.41. The first-order valence-corrected chi connectivity index (χ1v) is 8.44. The van der Waals surface area contributed by atoms with Crippen LogP contribution in [0.25, 0.3) is 11.4 Å². The normalized spacial score (nSPS) is 12.3. The van der Waals surface area contributed by atoms with Gasteiger partial charge in [0.25, 0.3) is 0 Å². The Labute approximate surface area is 154 Å². The number of hydrogen-bond donors (Lipinski definition) is 1. The molecule has 0 bridgehead atoms. The highest BCUT2D eigenvalue weighted by Crippen LogP contribution is 2.27. The van der Waals surface area contributed by atoms with Gasteiger partial charge in [-0.1, -0.05) is 58.2 Å². The first kappa shape index (κ1) is 17.2. The summed E-state index contributed by atoms with van der Waals surface area (Å²) in [6.07, 6.45) is 0. The second-order valence-electron chi connectivity index (χ2n) is 5.26. The van der Waals surface area contributed by atoms with Crippen LogP contribution < -0.4 is 5.32 Å².